The second-order valence-electron chi connectivity index (χ2n) is 11.1. The predicted octanol–water partition coefficient (Wildman–Crippen LogP) is 5.37. The van der Waals surface area contributed by atoms with E-state index in [-0.39, 0.29) is 87.8 Å². The van der Waals surface area contributed by atoms with Crippen molar-refractivity contribution in [2.75, 3.05) is 12.4 Å². The Bertz CT molecular complexity index is 1340. The summed E-state index contributed by atoms with van der Waals surface area (Å²) in [6, 6.07) is 7.05. The van der Waals surface area contributed by atoms with Crippen LogP contribution in [-0.2, 0) is 15.9 Å². The van der Waals surface area contributed by atoms with Crippen LogP contribution in [0.5, 0.6) is 0 Å². The maximum absolute atomic E-state index is 13.1. The average Bonchev–Trinajstić information content (AvgIpc) is 3.57. The van der Waals surface area contributed by atoms with Gasteiger partial charge in [-0.15, -0.1) is 0 Å². The number of nitrogens with zero attached hydrogens (tertiary/aromatic N) is 1. The van der Waals surface area contributed by atoms with Crippen LogP contribution in [0, 0.1) is 23.7 Å². The molecule has 0 amide bonds. The molecule has 2 unspecified atom stereocenters. The van der Waals surface area contributed by atoms with E-state index in [4.69, 9.17) is 13.9 Å². The van der Waals surface area contributed by atoms with Gasteiger partial charge in [0.1, 0.15) is 11.1 Å². The summed E-state index contributed by atoms with van der Waals surface area (Å²) in [7, 11) is 1.68. The zero-order valence-corrected chi connectivity index (χ0v) is 25.5. The second-order valence-corrected chi connectivity index (χ2v) is 11.1. The number of carbonyl (C=O) groups excluding carboxylic acids is 1. The van der Waals surface area contributed by atoms with Gasteiger partial charge in [0, 0.05) is 31.5 Å². The van der Waals surface area contributed by atoms with Gasteiger partial charge in [-0.2, -0.15) is 0 Å². The number of benzene rings is 1. The molecule has 7 atom stereocenters. The quantitative estimate of drug-likeness (QED) is 0.258. The monoisotopic (exact) mass is 565 g/mol. The summed E-state index contributed by atoms with van der Waals surface area (Å²) >= 11 is 0. The first-order chi connectivity index (χ1) is 18.1. The van der Waals surface area contributed by atoms with Crippen molar-refractivity contribution in [2.24, 2.45) is 23.7 Å². The van der Waals surface area contributed by atoms with Crippen molar-refractivity contribution in [3.8, 4) is 0 Å². The van der Waals surface area contributed by atoms with E-state index in [9.17, 15) is 14.7 Å². The van der Waals surface area contributed by atoms with E-state index < -0.39 is 11.8 Å². The van der Waals surface area contributed by atoms with E-state index in [0.717, 1.165) is 19.3 Å². The van der Waals surface area contributed by atoms with Crippen LogP contribution < -0.4 is 5.32 Å². The van der Waals surface area contributed by atoms with Crippen molar-refractivity contribution in [2.45, 2.75) is 71.4 Å². The first kappa shape index (κ1) is 30.1. The Morgan fingerprint density at radius 3 is 2.67 bits per heavy atom. The number of hydrogen-bond donors (Lipinski definition) is 3. The van der Waals surface area contributed by atoms with Gasteiger partial charge in [0.05, 0.1) is 30.0 Å². The summed E-state index contributed by atoms with van der Waals surface area (Å²) in [5.74, 6) is -1.11. The van der Waals surface area contributed by atoms with E-state index in [1.54, 1.807) is 31.4 Å². The molecular formula is C29H39CaN3O6. The predicted molar refractivity (Wildman–Crippen MR) is 150 cm³/mol. The molecule has 0 aliphatic carbocycles. The third-order valence-corrected chi connectivity index (χ3v) is 8.54. The number of ketones is 1. The molecule has 2 saturated heterocycles. The van der Waals surface area contributed by atoms with Gasteiger partial charge in [-0.25, -0.2) is 9.78 Å². The topological polar surface area (TPSA) is 127 Å². The summed E-state index contributed by atoms with van der Waals surface area (Å²) in [5.41, 5.74) is 1.93. The number of ether oxygens (including phenoxy) is 2. The van der Waals surface area contributed by atoms with Crippen LogP contribution in [0.15, 0.2) is 34.9 Å². The minimum absolute atomic E-state index is 0. The SMILES string of the molecule is CNc1ccc2oc(C[C@@H]3OC4(CC[C@@H]3C)O[C@H](C(C)C(=O)c3ccc[nH]3)[C@H](C)C[C@H]4C)nc2c1C(=O)O.[Ca+2].[H-].[H-]. The van der Waals surface area contributed by atoms with E-state index >= 15 is 0 Å². The number of aromatic amines is 1. The molecule has 1 aromatic carbocycles. The second kappa shape index (κ2) is 11.9. The van der Waals surface area contributed by atoms with Crippen molar-refractivity contribution in [1.82, 2.24) is 9.97 Å². The summed E-state index contributed by atoms with van der Waals surface area (Å²) in [6.45, 7) is 8.39. The van der Waals surface area contributed by atoms with Gasteiger partial charge in [-0.3, -0.25) is 4.79 Å². The molecule has 2 aliphatic heterocycles. The van der Waals surface area contributed by atoms with E-state index in [2.05, 4.69) is 36.1 Å². The maximum atomic E-state index is 13.1. The first-order valence-electron chi connectivity index (χ1n) is 13.5. The number of Topliss-reactive ketones (excluding diaryl/α,β-unsaturated/α-hetero) is 1. The number of nitrogens with one attached hydrogen (secondary N) is 2. The Morgan fingerprint density at radius 1 is 1.23 bits per heavy atom. The Balaban J connectivity index is 0.00000196. The molecule has 0 saturated carbocycles. The van der Waals surface area contributed by atoms with Crippen LogP contribution in [0.2, 0.25) is 0 Å². The smallest absolute Gasteiger partial charge is 1.00 e. The number of fused-ring (bicyclic) bond motifs is 1. The molecule has 3 aromatic rings. The van der Waals surface area contributed by atoms with Crippen LogP contribution in [0.3, 0.4) is 0 Å². The largest absolute Gasteiger partial charge is 2.00 e. The molecule has 2 aliphatic rings. The third-order valence-electron chi connectivity index (χ3n) is 8.54. The van der Waals surface area contributed by atoms with Crippen molar-refractivity contribution in [1.29, 1.82) is 0 Å². The Kier molecular flexibility index (Phi) is 9.18. The van der Waals surface area contributed by atoms with Crippen molar-refractivity contribution in [3.05, 3.63) is 47.6 Å². The standard InChI is InChI=1S/C29H37N3O6.Ca.2H/c1-15-10-11-29(17(3)13-16(2)27(38-29)18(4)26(33)20-7-6-12-31-20)37-22(15)14-23-32-25-21(36-23)9-8-19(30-5)24(25)28(34)35;;;/h6-9,12,15-18,22,27,30-31H,10-11,13-14H2,1-5H3,(H,34,35);;;/q;+2;2*-1/t15-,16+,17+,18?,22-,27-,29?;;;/m0.../s1. The number of carboxylic acids is 1. The Hall–Kier alpha value is -1.91. The number of H-pyrrole nitrogens is 1. The molecule has 208 valence electrons. The van der Waals surface area contributed by atoms with Gasteiger partial charge in [0.15, 0.2) is 23.0 Å². The Labute approximate surface area is 261 Å². The summed E-state index contributed by atoms with van der Waals surface area (Å²) in [4.78, 5) is 32.7. The summed E-state index contributed by atoms with van der Waals surface area (Å²) < 4.78 is 19.6. The molecule has 39 heavy (non-hydrogen) atoms. The maximum Gasteiger partial charge on any atom is 2.00 e. The molecule has 10 heteroatoms. The number of rotatable bonds is 7. The number of carboxylic acid groups (broad SMARTS) is 1. The Morgan fingerprint density at radius 2 is 2.00 bits per heavy atom. The van der Waals surface area contributed by atoms with Crippen LogP contribution in [-0.4, -0.2) is 89.6 Å². The number of carbonyl (C=O) groups is 2. The fourth-order valence-corrected chi connectivity index (χ4v) is 6.27. The van der Waals surface area contributed by atoms with Crippen molar-refractivity contribution < 1.29 is 31.4 Å². The van der Waals surface area contributed by atoms with Gasteiger partial charge >= 0.3 is 43.7 Å². The zero-order chi connectivity index (χ0) is 27.2. The van der Waals surface area contributed by atoms with E-state index in [1.165, 1.54) is 0 Å². The van der Waals surface area contributed by atoms with Crippen LogP contribution in [0.4, 0.5) is 5.69 Å². The molecule has 4 heterocycles. The fraction of sp³-hybridized carbons (Fsp3) is 0.552. The summed E-state index contributed by atoms with van der Waals surface area (Å²) in [6.07, 6.45) is 4.22. The van der Waals surface area contributed by atoms with Gasteiger partial charge in [-0.05, 0) is 48.9 Å². The summed E-state index contributed by atoms with van der Waals surface area (Å²) in [5, 5.41) is 12.7. The molecule has 0 radical (unpaired) electrons. The number of aromatic carboxylic acids is 1. The minimum atomic E-state index is -1.06. The fourth-order valence-electron chi connectivity index (χ4n) is 6.27. The molecule has 2 aromatic heterocycles. The minimum Gasteiger partial charge on any atom is -1.00 e. The van der Waals surface area contributed by atoms with Gasteiger partial charge in [0.2, 0.25) is 0 Å². The van der Waals surface area contributed by atoms with Crippen LogP contribution in [0.1, 0.15) is 76.5 Å². The van der Waals surface area contributed by atoms with Gasteiger partial charge < -0.3 is 32.2 Å². The van der Waals surface area contributed by atoms with Gasteiger partial charge in [-0.1, -0.05) is 27.7 Å². The van der Waals surface area contributed by atoms with Crippen molar-refractivity contribution >= 4 is 66.3 Å². The average molecular weight is 566 g/mol. The normalized spacial score (nSPS) is 29.6. The molecule has 2 fully saturated rings. The zero-order valence-electron chi connectivity index (χ0n) is 25.3. The molecule has 5 rings (SSSR count). The molecular weight excluding hydrogens is 526 g/mol. The van der Waals surface area contributed by atoms with E-state index in [0.29, 0.717) is 34.8 Å². The number of oxazole rings is 1. The number of anilines is 1. The van der Waals surface area contributed by atoms with E-state index in [1.807, 2.05) is 13.0 Å². The molecule has 9 nitrogen and oxygen atoms in total. The van der Waals surface area contributed by atoms with Gasteiger partial charge in [0.25, 0.3) is 0 Å². The number of hydrogen-bond acceptors (Lipinski definition) is 7. The van der Waals surface area contributed by atoms with Crippen molar-refractivity contribution in [3.63, 3.8) is 0 Å². The molecule has 0 bridgehead atoms. The van der Waals surface area contributed by atoms with Crippen LogP contribution >= 0.6 is 0 Å². The molecule has 1 spiro atoms. The third kappa shape index (κ3) is 5.66. The first-order valence-corrected chi connectivity index (χ1v) is 13.5. The number of aromatic nitrogens is 2. The molecule has 3 N–H and O–H groups in total. The van der Waals surface area contributed by atoms with Crippen LogP contribution in [0.25, 0.3) is 11.1 Å².